The van der Waals surface area contributed by atoms with Crippen molar-refractivity contribution < 1.29 is 4.79 Å². The van der Waals surface area contributed by atoms with E-state index in [1.807, 2.05) is 18.2 Å². The SMILES string of the molecule is CC(=O)Nc1cccc(C(C)NCCNC(C)(C)C)c1. The molecule has 4 heteroatoms. The Bertz CT molecular complexity index is 438. The number of carbonyl (C=O) groups excluding carboxylic acids is 1. The summed E-state index contributed by atoms with van der Waals surface area (Å²) in [5, 5.41) is 9.73. The highest BCUT2D eigenvalue weighted by molar-refractivity contribution is 5.88. The Morgan fingerprint density at radius 2 is 1.95 bits per heavy atom. The maximum absolute atomic E-state index is 11.1. The standard InChI is InChI=1S/C16H27N3O/c1-12(17-9-10-18-16(3,4)5)14-7-6-8-15(11-14)19-13(2)20/h6-8,11-12,17-18H,9-10H2,1-5H3,(H,19,20). The van der Waals surface area contributed by atoms with Crippen molar-refractivity contribution in [2.24, 2.45) is 0 Å². The van der Waals surface area contributed by atoms with E-state index in [0.717, 1.165) is 18.8 Å². The molecule has 0 saturated carbocycles. The second-order valence-corrected chi connectivity index (χ2v) is 6.16. The number of anilines is 1. The van der Waals surface area contributed by atoms with Crippen molar-refractivity contribution in [1.29, 1.82) is 0 Å². The first kappa shape index (κ1) is 16.7. The third-order valence-electron chi connectivity index (χ3n) is 2.94. The van der Waals surface area contributed by atoms with Crippen LogP contribution in [0, 0.1) is 0 Å². The van der Waals surface area contributed by atoms with Crippen molar-refractivity contribution in [3.63, 3.8) is 0 Å². The summed E-state index contributed by atoms with van der Waals surface area (Å²) in [5.41, 5.74) is 2.17. The zero-order chi connectivity index (χ0) is 15.2. The molecule has 0 bridgehead atoms. The molecule has 1 rings (SSSR count). The monoisotopic (exact) mass is 277 g/mol. The molecule has 0 heterocycles. The predicted octanol–water partition coefficient (Wildman–Crippen LogP) is 2.68. The lowest BCUT2D eigenvalue weighted by atomic mass is 10.1. The van der Waals surface area contributed by atoms with Gasteiger partial charge in [0.15, 0.2) is 0 Å². The number of rotatable bonds is 6. The van der Waals surface area contributed by atoms with Gasteiger partial charge in [0, 0.05) is 37.3 Å². The normalized spacial score (nSPS) is 13.1. The third-order valence-corrected chi connectivity index (χ3v) is 2.94. The Balaban J connectivity index is 2.46. The quantitative estimate of drug-likeness (QED) is 0.701. The van der Waals surface area contributed by atoms with E-state index in [9.17, 15) is 4.79 Å². The number of carbonyl (C=O) groups is 1. The van der Waals surface area contributed by atoms with Gasteiger partial charge < -0.3 is 16.0 Å². The van der Waals surface area contributed by atoms with Gasteiger partial charge in [-0.2, -0.15) is 0 Å². The highest BCUT2D eigenvalue weighted by Gasteiger charge is 2.09. The highest BCUT2D eigenvalue weighted by atomic mass is 16.1. The average molecular weight is 277 g/mol. The van der Waals surface area contributed by atoms with Gasteiger partial charge in [0.2, 0.25) is 5.91 Å². The summed E-state index contributed by atoms with van der Waals surface area (Å²) in [4.78, 5) is 11.1. The molecular formula is C16H27N3O. The van der Waals surface area contributed by atoms with E-state index in [0.29, 0.717) is 0 Å². The number of benzene rings is 1. The Morgan fingerprint density at radius 3 is 2.55 bits per heavy atom. The molecule has 1 aromatic rings. The number of hydrogen-bond acceptors (Lipinski definition) is 3. The van der Waals surface area contributed by atoms with E-state index >= 15 is 0 Å². The van der Waals surface area contributed by atoms with E-state index in [1.54, 1.807) is 0 Å². The van der Waals surface area contributed by atoms with Gasteiger partial charge in [-0.05, 0) is 45.4 Å². The smallest absolute Gasteiger partial charge is 0.221 e. The van der Waals surface area contributed by atoms with Crippen molar-refractivity contribution in [2.45, 2.75) is 46.2 Å². The van der Waals surface area contributed by atoms with Crippen LogP contribution < -0.4 is 16.0 Å². The van der Waals surface area contributed by atoms with Gasteiger partial charge in [0.05, 0.1) is 0 Å². The Morgan fingerprint density at radius 1 is 1.25 bits per heavy atom. The lowest BCUT2D eigenvalue weighted by molar-refractivity contribution is -0.114. The maximum Gasteiger partial charge on any atom is 0.221 e. The molecule has 0 aliphatic carbocycles. The summed E-state index contributed by atoms with van der Waals surface area (Å²) >= 11 is 0. The van der Waals surface area contributed by atoms with Crippen LogP contribution in [-0.4, -0.2) is 24.5 Å². The highest BCUT2D eigenvalue weighted by Crippen LogP contribution is 2.17. The van der Waals surface area contributed by atoms with Crippen LogP contribution in [0.1, 0.15) is 46.2 Å². The molecule has 0 aliphatic rings. The molecule has 1 atom stereocenters. The molecular weight excluding hydrogens is 250 g/mol. The Labute approximate surface area is 122 Å². The minimum Gasteiger partial charge on any atom is -0.326 e. The molecule has 1 unspecified atom stereocenters. The lowest BCUT2D eigenvalue weighted by Gasteiger charge is -2.22. The van der Waals surface area contributed by atoms with Crippen molar-refractivity contribution in [3.05, 3.63) is 29.8 Å². The van der Waals surface area contributed by atoms with Crippen LogP contribution in [0.2, 0.25) is 0 Å². The fourth-order valence-electron chi connectivity index (χ4n) is 1.93. The van der Waals surface area contributed by atoms with Crippen LogP contribution >= 0.6 is 0 Å². The molecule has 3 N–H and O–H groups in total. The van der Waals surface area contributed by atoms with E-state index in [1.165, 1.54) is 12.5 Å². The first-order valence-corrected chi connectivity index (χ1v) is 7.14. The first-order chi connectivity index (χ1) is 9.28. The molecule has 0 radical (unpaired) electrons. The molecule has 0 spiro atoms. The minimum absolute atomic E-state index is 0.0443. The van der Waals surface area contributed by atoms with Gasteiger partial charge in [0.25, 0.3) is 0 Å². The van der Waals surface area contributed by atoms with Gasteiger partial charge in [-0.1, -0.05) is 12.1 Å². The van der Waals surface area contributed by atoms with Gasteiger partial charge in [-0.25, -0.2) is 0 Å². The summed E-state index contributed by atoms with van der Waals surface area (Å²) < 4.78 is 0. The van der Waals surface area contributed by atoms with Crippen molar-refractivity contribution in [1.82, 2.24) is 10.6 Å². The van der Waals surface area contributed by atoms with Crippen LogP contribution in [0.25, 0.3) is 0 Å². The second-order valence-electron chi connectivity index (χ2n) is 6.16. The van der Waals surface area contributed by atoms with E-state index in [-0.39, 0.29) is 17.5 Å². The maximum atomic E-state index is 11.1. The zero-order valence-electron chi connectivity index (χ0n) is 13.2. The minimum atomic E-state index is -0.0443. The van der Waals surface area contributed by atoms with Gasteiger partial charge >= 0.3 is 0 Å². The van der Waals surface area contributed by atoms with Gasteiger partial charge in [-0.15, -0.1) is 0 Å². The van der Waals surface area contributed by atoms with Crippen LogP contribution in [0.15, 0.2) is 24.3 Å². The average Bonchev–Trinajstić information content (AvgIpc) is 2.32. The van der Waals surface area contributed by atoms with Crippen LogP contribution in [0.4, 0.5) is 5.69 Å². The fraction of sp³-hybridized carbons (Fsp3) is 0.562. The van der Waals surface area contributed by atoms with Crippen LogP contribution in [-0.2, 0) is 4.79 Å². The van der Waals surface area contributed by atoms with E-state index in [2.05, 4.69) is 49.7 Å². The molecule has 20 heavy (non-hydrogen) atoms. The third kappa shape index (κ3) is 6.68. The summed E-state index contributed by atoms with van der Waals surface area (Å²) in [6.07, 6.45) is 0. The lowest BCUT2D eigenvalue weighted by Crippen LogP contribution is -2.40. The van der Waals surface area contributed by atoms with Crippen molar-refractivity contribution in [3.8, 4) is 0 Å². The summed E-state index contributed by atoms with van der Waals surface area (Å²) in [6.45, 7) is 12.0. The molecule has 1 amide bonds. The molecule has 112 valence electrons. The second kappa shape index (κ2) is 7.41. The largest absolute Gasteiger partial charge is 0.326 e. The number of hydrogen-bond donors (Lipinski definition) is 3. The topological polar surface area (TPSA) is 53.2 Å². The zero-order valence-corrected chi connectivity index (χ0v) is 13.2. The van der Waals surface area contributed by atoms with Crippen LogP contribution in [0.5, 0.6) is 0 Å². The molecule has 4 nitrogen and oxygen atoms in total. The van der Waals surface area contributed by atoms with Gasteiger partial charge in [-0.3, -0.25) is 4.79 Å². The summed E-state index contributed by atoms with van der Waals surface area (Å²) in [6, 6.07) is 8.20. The molecule has 0 aliphatic heterocycles. The fourth-order valence-corrected chi connectivity index (χ4v) is 1.93. The molecule has 0 aromatic heterocycles. The predicted molar refractivity (Wildman–Crippen MR) is 84.9 cm³/mol. The van der Waals surface area contributed by atoms with E-state index in [4.69, 9.17) is 0 Å². The summed E-state index contributed by atoms with van der Waals surface area (Å²) in [5.74, 6) is -0.0443. The van der Waals surface area contributed by atoms with Crippen molar-refractivity contribution in [2.75, 3.05) is 18.4 Å². The van der Waals surface area contributed by atoms with Gasteiger partial charge in [0.1, 0.15) is 0 Å². The Hall–Kier alpha value is -1.39. The first-order valence-electron chi connectivity index (χ1n) is 7.14. The molecule has 1 aromatic carbocycles. The molecule has 0 saturated heterocycles. The Kier molecular flexibility index (Phi) is 6.17. The van der Waals surface area contributed by atoms with Crippen LogP contribution in [0.3, 0.4) is 0 Å². The number of nitrogens with one attached hydrogen (secondary N) is 3. The number of amides is 1. The molecule has 0 fully saturated rings. The van der Waals surface area contributed by atoms with E-state index < -0.39 is 0 Å². The van der Waals surface area contributed by atoms with Crippen molar-refractivity contribution >= 4 is 11.6 Å². The summed E-state index contributed by atoms with van der Waals surface area (Å²) in [7, 11) is 0.